The zero-order valence-corrected chi connectivity index (χ0v) is 12.6. The van der Waals surface area contributed by atoms with Crippen molar-refractivity contribution >= 4 is 17.5 Å². The highest BCUT2D eigenvalue weighted by atomic mass is 16.2. The lowest BCUT2D eigenvalue weighted by Gasteiger charge is -2.32. The van der Waals surface area contributed by atoms with Crippen molar-refractivity contribution in [1.29, 1.82) is 0 Å². The van der Waals surface area contributed by atoms with Gasteiger partial charge in [0.15, 0.2) is 0 Å². The summed E-state index contributed by atoms with van der Waals surface area (Å²) in [5, 5.41) is 3.34. The van der Waals surface area contributed by atoms with E-state index in [0.717, 1.165) is 42.9 Å². The van der Waals surface area contributed by atoms with Gasteiger partial charge in [0.2, 0.25) is 5.91 Å². The molecule has 2 heterocycles. The Hall–Kier alpha value is -1.88. The molecule has 5 nitrogen and oxygen atoms in total. The maximum absolute atomic E-state index is 12.6. The molecule has 1 atom stereocenters. The summed E-state index contributed by atoms with van der Waals surface area (Å²) in [7, 11) is 0. The zero-order chi connectivity index (χ0) is 15.0. The van der Waals surface area contributed by atoms with Gasteiger partial charge in [-0.05, 0) is 37.1 Å². The Morgan fingerprint density at radius 1 is 1.29 bits per heavy atom. The predicted octanol–water partition coefficient (Wildman–Crippen LogP) is 1.03. The van der Waals surface area contributed by atoms with Gasteiger partial charge in [0.25, 0.3) is 5.91 Å². The van der Waals surface area contributed by atoms with Crippen molar-refractivity contribution in [1.82, 2.24) is 10.2 Å². The SMILES string of the molecule is CC(=O)N1CCc2cc(C(=O)N3CCN[C@@H](C)C3)ccc21. The smallest absolute Gasteiger partial charge is 0.253 e. The first-order chi connectivity index (χ1) is 10.1. The second-order valence-electron chi connectivity index (χ2n) is 5.87. The van der Waals surface area contributed by atoms with E-state index in [1.165, 1.54) is 0 Å². The normalized spacial score (nSPS) is 21.3. The minimum atomic E-state index is 0.0590. The second kappa shape index (κ2) is 5.48. The molecule has 2 aliphatic heterocycles. The number of carbonyl (C=O) groups is 2. The van der Waals surface area contributed by atoms with Crippen molar-refractivity contribution in [3.63, 3.8) is 0 Å². The fourth-order valence-electron chi connectivity index (χ4n) is 3.16. The van der Waals surface area contributed by atoms with Crippen LogP contribution in [-0.4, -0.2) is 48.9 Å². The molecule has 0 spiro atoms. The molecular weight excluding hydrogens is 266 g/mol. The highest BCUT2D eigenvalue weighted by Gasteiger charge is 2.25. The number of fused-ring (bicyclic) bond motifs is 1. The van der Waals surface area contributed by atoms with Crippen LogP contribution < -0.4 is 10.2 Å². The summed E-state index contributed by atoms with van der Waals surface area (Å²) in [6, 6.07) is 6.04. The fourth-order valence-corrected chi connectivity index (χ4v) is 3.16. The molecular formula is C16H21N3O2. The molecule has 5 heteroatoms. The largest absolute Gasteiger partial charge is 0.336 e. The monoisotopic (exact) mass is 287 g/mol. The van der Waals surface area contributed by atoms with Crippen molar-refractivity contribution < 1.29 is 9.59 Å². The number of rotatable bonds is 1. The molecule has 2 aliphatic rings. The van der Waals surface area contributed by atoms with E-state index >= 15 is 0 Å². The number of nitrogens with zero attached hydrogens (tertiary/aromatic N) is 2. The van der Waals surface area contributed by atoms with Gasteiger partial charge >= 0.3 is 0 Å². The van der Waals surface area contributed by atoms with Crippen LogP contribution in [0.4, 0.5) is 5.69 Å². The van der Waals surface area contributed by atoms with Crippen LogP contribution in [0, 0.1) is 0 Å². The van der Waals surface area contributed by atoms with E-state index in [2.05, 4.69) is 12.2 Å². The first-order valence-electron chi connectivity index (χ1n) is 7.50. The molecule has 1 N–H and O–H groups in total. The summed E-state index contributed by atoms with van der Waals surface area (Å²) in [5.41, 5.74) is 2.78. The molecule has 0 radical (unpaired) electrons. The molecule has 0 bridgehead atoms. The molecule has 1 saturated heterocycles. The molecule has 2 amide bonds. The van der Waals surface area contributed by atoms with Gasteiger partial charge < -0.3 is 15.1 Å². The van der Waals surface area contributed by atoms with Gasteiger partial charge in [-0.25, -0.2) is 0 Å². The number of benzene rings is 1. The van der Waals surface area contributed by atoms with E-state index < -0.39 is 0 Å². The lowest BCUT2D eigenvalue weighted by molar-refractivity contribution is -0.116. The Bertz CT molecular complexity index is 585. The average molecular weight is 287 g/mol. The van der Waals surface area contributed by atoms with Crippen molar-refractivity contribution in [3.8, 4) is 0 Å². The molecule has 0 aromatic heterocycles. The van der Waals surface area contributed by atoms with Crippen LogP contribution in [0.5, 0.6) is 0 Å². The van der Waals surface area contributed by atoms with E-state index in [9.17, 15) is 9.59 Å². The van der Waals surface area contributed by atoms with Crippen LogP contribution in [0.15, 0.2) is 18.2 Å². The van der Waals surface area contributed by atoms with Gasteiger partial charge in [0.1, 0.15) is 0 Å². The molecule has 21 heavy (non-hydrogen) atoms. The van der Waals surface area contributed by atoms with E-state index in [1.54, 1.807) is 11.8 Å². The number of amides is 2. The molecule has 1 fully saturated rings. The van der Waals surface area contributed by atoms with Crippen LogP contribution in [0.3, 0.4) is 0 Å². The van der Waals surface area contributed by atoms with Gasteiger partial charge in [0, 0.05) is 50.4 Å². The number of nitrogens with one attached hydrogen (secondary N) is 1. The van der Waals surface area contributed by atoms with E-state index in [-0.39, 0.29) is 11.8 Å². The first-order valence-corrected chi connectivity index (χ1v) is 7.50. The lowest BCUT2D eigenvalue weighted by atomic mass is 10.1. The molecule has 1 aromatic rings. The fraction of sp³-hybridized carbons (Fsp3) is 0.500. The number of hydrogen-bond acceptors (Lipinski definition) is 3. The zero-order valence-electron chi connectivity index (χ0n) is 12.6. The molecule has 3 rings (SSSR count). The van der Waals surface area contributed by atoms with Gasteiger partial charge in [-0.3, -0.25) is 9.59 Å². The Balaban J connectivity index is 1.81. The van der Waals surface area contributed by atoms with Crippen LogP contribution in [0.2, 0.25) is 0 Å². The first kappa shape index (κ1) is 14.1. The summed E-state index contributed by atoms with van der Waals surface area (Å²) in [5.74, 6) is 0.149. The third-order valence-corrected chi connectivity index (χ3v) is 4.26. The Morgan fingerprint density at radius 2 is 2.10 bits per heavy atom. The average Bonchev–Trinajstić information content (AvgIpc) is 2.89. The van der Waals surface area contributed by atoms with Crippen LogP contribution >= 0.6 is 0 Å². The van der Waals surface area contributed by atoms with Crippen LogP contribution in [-0.2, 0) is 11.2 Å². The van der Waals surface area contributed by atoms with E-state index in [4.69, 9.17) is 0 Å². The quantitative estimate of drug-likeness (QED) is 0.839. The van der Waals surface area contributed by atoms with Gasteiger partial charge in [-0.2, -0.15) is 0 Å². The number of hydrogen-bond donors (Lipinski definition) is 1. The standard InChI is InChI=1S/C16H21N3O2/c1-11-10-18(8-6-17-11)16(21)14-3-4-15-13(9-14)5-7-19(15)12(2)20/h3-4,9,11,17H,5-8,10H2,1-2H3/t11-/m0/s1. The van der Waals surface area contributed by atoms with E-state index in [0.29, 0.717) is 12.6 Å². The minimum absolute atomic E-state index is 0.0590. The molecule has 0 saturated carbocycles. The molecule has 0 unspecified atom stereocenters. The molecule has 0 aliphatic carbocycles. The van der Waals surface area contributed by atoms with Crippen molar-refractivity contribution in [2.45, 2.75) is 26.3 Å². The summed E-state index contributed by atoms with van der Waals surface area (Å²) >= 11 is 0. The molecule has 112 valence electrons. The number of anilines is 1. The molecule has 1 aromatic carbocycles. The number of piperazine rings is 1. The summed E-state index contributed by atoms with van der Waals surface area (Å²) in [4.78, 5) is 27.8. The van der Waals surface area contributed by atoms with Crippen LogP contribution in [0.1, 0.15) is 29.8 Å². The minimum Gasteiger partial charge on any atom is -0.336 e. The van der Waals surface area contributed by atoms with Gasteiger partial charge in [0.05, 0.1) is 0 Å². The van der Waals surface area contributed by atoms with Crippen LogP contribution in [0.25, 0.3) is 0 Å². The predicted molar refractivity (Wildman–Crippen MR) is 81.5 cm³/mol. The Labute approximate surface area is 124 Å². The third kappa shape index (κ3) is 2.65. The van der Waals surface area contributed by atoms with E-state index in [1.807, 2.05) is 23.1 Å². The highest BCUT2D eigenvalue weighted by Crippen LogP contribution is 2.29. The maximum Gasteiger partial charge on any atom is 0.253 e. The lowest BCUT2D eigenvalue weighted by Crippen LogP contribution is -2.51. The Morgan fingerprint density at radius 3 is 2.81 bits per heavy atom. The number of carbonyl (C=O) groups excluding carboxylic acids is 2. The second-order valence-corrected chi connectivity index (χ2v) is 5.87. The third-order valence-electron chi connectivity index (χ3n) is 4.26. The van der Waals surface area contributed by atoms with Crippen molar-refractivity contribution in [3.05, 3.63) is 29.3 Å². The summed E-state index contributed by atoms with van der Waals surface area (Å²) < 4.78 is 0. The highest BCUT2D eigenvalue weighted by molar-refractivity contribution is 5.98. The van der Waals surface area contributed by atoms with Crippen molar-refractivity contribution in [2.75, 3.05) is 31.1 Å². The van der Waals surface area contributed by atoms with Crippen molar-refractivity contribution in [2.24, 2.45) is 0 Å². The topological polar surface area (TPSA) is 52.7 Å². The maximum atomic E-state index is 12.6. The Kier molecular flexibility index (Phi) is 3.68. The van der Waals surface area contributed by atoms with Gasteiger partial charge in [-0.15, -0.1) is 0 Å². The summed E-state index contributed by atoms with van der Waals surface area (Å²) in [6.07, 6.45) is 0.827. The summed E-state index contributed by atoms with van der Waals surface area (Å²) in [6.45, 7) is 6.72. The van der Waals surface area contributed by atoms with Gasteiger partial charge in [-0.1, -0.05) is 0 Å².